The predicted octanol–water partition coefficient (Wildman–Crippen LogP) is 4.65. The highest BCUT2D eigenvalue weighted by molar-refractivity contribution is 6.70. The maximum absolute atomic E-state index is 6.22. The Hall–Kier alpha value is -3.74. The molecule has 0 N–H and O–H groups in total. The SMILES string of the molecule is CB1c2oc3ncccc3c2C=C(C)N1N1c2cccnc2N(c2ccccc2)[C@@H]1C. The van der Waals surface area contributed by atoms with E-state index in [0.29, 0.717) is 5.71 Å². The Bertz CT molecular complexity index is 1320. The highest BCUT2D eigenvalue weighted by Crippen LogP contribution is 2.44. The van der Waals surface area contributed by atoms with Gasteiger partial charge in [0.15, 0.2) is 5.82 Å². The lowest BCUT2D eigenvalue weighted by Gasteiger charge is -2.43. The summed E-state index contributed by atoms with van der Waals surface area (Å²) in [6, 6.07) is 18.6. The quantitative estimate of drug-likeness (QED) is 0.451. The van der Waals surface area contributed by atoms with E-state index in [0.717, 1.165) is 39.5 Å². The van der Waals surface area contributed by atoms with Crippen LogP contribution < -0.4 is 15.6 Å². The fourth-order valence-electron chi connectivity index (χ4n) is 4.94. The number of allylic oxidation sites excluding steroid dienone is 1. The molecule has 152 valence electrons. The summed E-state index contributed by atoms with van der Waals surface area (Å²) in [6.07, 6.45) is 5.88. The van der Waals surface area contributed by atoms with Crippen LogP contribution in [0.15, 0.2) is 77.1 Å². The fraction of sp³-hybridized carbons (Fsp3) is 0.167. The molecule has 1 atom stereocenters. The summed E-state index contributed by atoms with van der Waals surface area (Å²) in [7, 11) is 0. The number of hydrazine groups is 1. The molecule has 5 heterocycles. The van der Waals surface area contributed by atoms with Gasteiger partial charge in [-0.3, -0.25) is 5.01 Å². The van der Waals surface area contributed by atoms with Gasteiger partial charge in [-0.2, -0.15) is 0 Å². The third-order valence-electron chi connectivity index (χ3n) is 6.23. The maximum Gasteiger partial charge on any atom is 0.353 e. The minimum Gasteiger partial charge on any atom is -0.450 e. The molecule has 31 heavy (non-hydrogen) atoms. The minimum atomic E-state index is 0.0143. The van der Waals surface area contributed by atoms with Crippen LogP contribution in [0.2, 0.25) is 6.82 Å². The van der Waals surface area contributed by atoms with Gasteiger partial charge in [-0.05, 0) is 56.3 Å². The monoisotopic (exact) mass is 407 g/mol. The van der Waals surface area contributed by atoms with Crippen LogP contribution in [-0.2, 0) is 0 Å². The van der Waals surface area contributed by atoms with E-state index in [4.69, 9.17) is 9.40 Å². The van der Waals surface area contributed by atoms with Crippen LogP contribution in [-0.4, -0.2) is 27.9 Å². The largest absolute Gasteiger partial charge is 0.450 e. The molecule has 0 saturated heterocycles. The van der Waals surface area contributed by atoms with Gasteiger partial charge in [0.05, 0.1) is 0 Å². The molecule has 0 saturated carbocycles. The van der Waals surface area contributed by atoms with Gasteiger partial charge in [0, 0.05) is 34.7 Å². The van der Waals surface area contributed by atoms with Crippen molar-refractivity contribution in [3.8, 4) is 0 Å². The number of aromatic nitrogens is 2. The molecule has 4 aromatic rings. The van der Waals surface area contributed by atoms with E-state index >= 15 is 0 Å². The second kappa shape index (κ2) is 6.64. The van der Waals surface area contributed by atoms with Crippen molar-refractivity contribution >= 4 is 46.9 Å². The fourth-order valence-corrected chi connectivity index (χ4v) is 4.94. The Kier molecular flexibility index (Phi) is 3.87. The predicted molar refractivity (Wildman–Crippen MR) is 126 cm³/mol. The minimum absolute atomic E-state index is 0.0143. The molecule has 1 aromatic carbocycles. The smallest absolute Gasteiger partial charge is 0.353 e. The van der Waals surface area contributed by atoms with Crippen LogP contribution in [0.1, 0.15) is 19.4 Å². The molecule has 0 bridgehead atoms. The lowest BCUT2D eigenvalue weighted by Crippen LogP contribution is -2.59. The molecule has 2 aliphatic rings. The van der Waals surface area contributed by atoms with Crippen molar-refractivity contribution in [2.75, 3.05) is 9.91 Å². The standard InChI is InChI=1S/C24H22BN5O/c1-16-15-20-19-11-7-14-27-24(19)31-22(20)25(3)30(16)29-17(2)28(18-9-5-4-6-10-18)23-21(29)12-8-13-26-23/h4-15,17H,1-3H3/t17-/m0/s1. The second-order valence-electron chi connectivity index (χ2n) is 8.07. The summed E-state index contributed by atoms with van der Waals surface area (Å²) >= 11 is 0. The van der Waals surface area contributed by atoms with Gasteiger partial charge < -0.3 is 14.2 Å². The van der Waals surface area contributed by atoms with Gasteiger partial charge in [0.1, 0.15) is 17.5 Å². The third-order valence-corrected chi connectivity index (χ3v) is 6.23. The Labute approximate surface area is 181 Å². The highest BCUT2D eigenvalue weighted by Gasteiger charge is 2.44. The Balaban J connectivity index is 1.49. The van der Waals surface area contributed by atoms with Crippen LogP contribution >= 0.6 is 0 Å². The van der Waals surface area contributed by atoms with Crippen LogP contribution in [0.4, 0.5) is 17.2 Å². The van der Waals surface area contributed by atoms with Gasteiger partial charge in [0.25, 0.3) is 0 Å². The van der Waals surface area contributed by atoms with E-state index in [2.05, 4.69) is 83.0 Å². The Morgan fingerprint density at radius 3 is 2.58 bits per heavy atom. The lowest BCUT2D eigenvalue weighted by molar-refractivity contribution is 0.440. The van der Waals surface area contributed by atoms with Crippen LogP contribution in [0, 0.1) is 0 Å². The molecule has 6 nitrogen and oxygen atoms in total. The van der Waals surface area contributed by atoms with Gasteiger partial charge in [-0.25, -0.2) is 9.97 Å². The van der Waals surface area contributed by atoms with Crippen molar-refractivity contribution in [3.05, 3.63) is 78.3 Å². The lowest BCUT2D eigenvalue weighted by atomic mass is 9.58. The first-order valence-electron chi connectivity index (χ1n) is 10.6. The van der Waals surface area contributed by atoms with E-state index < -0.39 is 0 Å². The van der Waals surface area contributed by atoms with Crippen LogP contribution in [0.3, 0.4) is 0 Å². The average molecular weight is 407 g/mol. The van der Waals surface area contributed by atoms with Crippen molar-refractivity contribution < 1.29 is 4.42 Å². The molecule has 0 unspecified atom stereocenters. The van der Waals surface area contributed by atoms with E-state index in [9.17, 15) is 0 Å². The zero-order valence-corrected chi connectivity index (χ0v) is 17.7. The second-order valence-corrected chi connectivity index (χ2v) is 8.07. The van der Waals surface area contributed by atoms with Crippen molar-refractivity contribution in [1.82, 2.24) is 14.9 Å². The summed E-state index contributed by atoms with van der Waals surface area (Å²) in [5.74, 6) is 0.957. The molecule has 3 aromatic heterocycles. The van der Waals surface area contributed by atoms with Gasteiger partial charge in [-0.1, -0.05) is 25.0 Å². The van der Waals surface area contributed by atoms with Gasteiger partial charge in [0.2, 0.25) is 5.71 Å². The topological polar surface area (TPSA) is 48.6 Å². The first-order chi connectivity index (χ1) is 15.1. The van der Waals surface area contributed by atoms with E-state index in [1.54, 1.807) is 6.20 Å². The van der Waals surface area contributed by atoms with E-state index in [1.165, 1.54) is 0 Å². The molecular formula is C24H22BN5O. The molecule has 2 aliphatic heterocycles. The molecule has 0 amide bonds. The first kappa shape index (κ1) is 18.1. The average Bonchev–Trinajstić information content (AvgIpc) is 3.30. The molecular weight excluding hydrogens is 385 g/mol. The third kappa shape index (κ3) is 2.52. The number of pyridine rings is 2. The zero-order valence-electron chi connectivity index (χ0n) is 17.7. The van der Waals surface area contributed by atoms with Crippen molar-refractivity contribution in [1.29, 1.82) is 0 Å². The number of rotatable bonds is 2. The number of para-hydroxylation sites is 1. The van der Waals surface area contributed by atoms with Crippen molar-refractivity contribution in [2.45, 2.75) is 26.8 Å². The molecule has 0 radical (unpaired) electrons. The van der Waals surface area contributed by atoms with E-state index in [-0.39, 0.29) is 13.0 Å². The van der Waals surface area contributed by atoms with Crippen molar-refractivity contribution in [3.63, 3.8) is 0 Å². The van der Waals surface area contributed by atoms with Gasteiger partial charge in [-0.15, -0.1) is 0 Å². The summed E-state index contributed by atoms with van der Waals surface area (Å²) in [5, 5.41) is 3.39. The summed E-state index contributed by atoms with van der Waals surface area (Å²) in [5.41, 5.74) is 6.11. The summed E-state index contributed by atoms with van der Waals surface area (Å²) in [6.45, 7) is 6.57. The molecule has 6 rings (SSSR count). The molecule has 0 fully saturated rings. The number of hydrogen-bond acceptors (Lipinski definition) is 6. The Morgan fingerprint density at radius 1 is 0.968 bits per heavy atom. The number of furan rings is 1. The zero-order chi connectivity index (χ0) is 21.1. The molecule has 0 spiro atoms. The van der Waals surface area contributed by atoms with Crippen LogP contribution in [0.25, 0.3) is 17.2 Å². The van der Waals surface area contributed by atoms with E-state index in [1.807, 2.05) is 24.4 Å². The first-order valence-corrected chi connectivity index (χ1v) is 10.6. The number of nitrogens with zero attached hydrogens (tertiary/aromatic N) is 5. The number of benzene rings is 1. The highest BCUT2D eigenvalue weighted by atomic mass is 16.3. The Morgan fingerprint density at radius 2 is 1.74 bits per heavy atom. The molecule has 0 aliphatic carbocycles. The van der Waals surface area contributed by atoms with Crippen LogP contribution in [0.5, 0.6) is 0 Å². The van der Waals surface area contributed by atoms with Crippen molar-refractivity contribution in [2.24, 2.45) is 0 Å². The number of fused-ring (bicyclic) bond motifs is 4. The summed E-state index contributed by atoms with van der Waals surface area (Å²) < 4.78 is 6.22. The summed E-state index contributed by atoms with van der Waals surface area (Å²) in [4.78, 5) is 13.8. The maximum atomic E-state index is 6.22. The number of anilines is 3. The number of hydrogen-bond donors (Lipinski definition) is 0. The molecule has 7 heteroatoms. The normalized spacial score (nSPS) is 17.8. The van der Waals surface area contributed by atoms with Gasteiger partial charge >= 0.3 is 6.85 Å².